The van der Waals surface area contributed by atoms with Crippen molar-refractivity contribution in [2.24, 2.45) is 0 Å². The number of methoxy groups -OCH3 is 1. The molecule has 1 aliphatic heterocycles. The van der Waals surface area contributed by atoms with Gasteiger partial charge in [0.25, 0.3) is 11.8 Å². The maximum Gasteiger partial charge on any atom is 0.275 e. The fourth-order valence-corrected chi connectivity index (χ4v) is 5.60. The Morgan fingerprint density at radius 2 is 1.84 bits per heavy atom. The molecule has 0 saturated carbocycles. The molecule has 1 aliphatic rings. The Kier molecular flexibility index (Phi) is 7.05. The zero-order chi connectivity index (χ0) is 25.9. The smallest absolute Gasteiger partial charge is 0.275 e. The van der Waals surface area contributed by atoms with Crippen LogP contribution in [0.15, 0.2) is 58.4 Å². The van der Waals surface area contributed by atoms with Crippen LogP contribution < -0.4 is 10.1 Å². The molecule has 2 aromatic heterocycles. The maximum atomic E-state index is 13.4. The summed E-state index contributed by atoms with van der Waals surface area (Å²) >= 11 is 1.49. The number of hydrogen-bond acceptors (Lipinski definition) is 7. The number of aryl methyl sites for hydroxylation is 2. The molecule has 1 N–H and O–H groups in total. The van der Waals surface area contributed by atoms with E-state index in [1.807, 2.05) is 60.4 Å². The van der Waals surface area contributed by atoms with Crippen molar-refractivity contribution >= 4 is 28.8 Å². The van der Waals surface area contributed by atoms with Crippen molar-refractivity contribution in [2.45, 2.75) is 32.6 Å². The fraction of sp³-hybridized carbons (Fsp3) is 0.286. The Morgan fingerprint density at radius 1 is 1.08 bits per heavy atom. The SMILES string of the molecule is COc1cccc(C)c1NC(=O)c1csc(C2CCN(C(=O)c3c(-c4ccccc4)noc3C)CC2)n1. The van der Waals surface area contributed by atoms with E-state index in [4.69, 9.17) is 9.26 Å². The van der Waals surface area contributed by atoms with Crippen LogP contribution in [0, 0.1) is 13.8 Å². The van der Waals surface area contributed by atoms with Gasteiger partial charge < -0.3 is 19.5 Å². The van der Waals surface area contributed by atoms with E-state index in [0.29, 0.717) is 47.2 Å². The number of rotatable bonds is 6. The van der Waals surface area contributed by atoms with Crippen LogP contribution in [0.1, 0.15) is 55.9 Å². The van der Waals surface area contributed by atoms with Gasteiger partial charge in [-0.15, -0.1) is 11.3 Å². The number of carbonyl (C=O) groups excluding carboxylic acids is 2. The van der Waals surface area contributed by atoms with Crippen LogP contribution in [0.2, 0.25) is 0 Å². The topological polar surface area (TPSA) is 97.6 Å². The number of hydrogen-bond donors (Lipinski definition) is 1. The minimum absolute atomic E-state index is 0.0672. The normalized spacial score (nSPS) is 14.0. The lowest BCUT2D eigenvalue weighted by atomic mass is 9.96. The largest absolute Gasteiger partial charge is 0.495 e. The third-order valence-corrected chi connectivity index (χ3v) is 7.71. The summed E-state index contributed by atoms with van der Waals surface area (Å²) in [5.74, 6) is 0.994. The molecule has 0 spiro atoms. The molecule has 4 aromatic rings. The summed E-state index contributed by atoms with van der Waals surface area (Å²) in [6.07, 6.45) is 1.55. The van der Waals surface area contributed by atoms with Crippen LogP contribution in [-0.2, 0) is 0 Å². The minimum Gasteiger partial charge on any atom is -0.495 e. The van der Waals surface area contributed by atoms with Gasteiger partial charge in [-0.1, -0.05) is 47.6 Å². The van der Waals surface area contributed by atoms with Crippen molar-refractivity contribution in [1.29, 1.82) is 0 Å². The molecule has 3 heterocycles. The molecule has 9 heteroatoms. The second-order valence-corrected chi connectivity index (χ2v) is 9.96. The number of aromatic nitrogens is 2. The van der Waals surface area contributed by atoms with E-state index >= 15 is 0 Å². The van der Waals surface area contributed by atoms with Gasteiger partial charge in [0.1, 0.15) is 28.5 Å². The molecule has 8 nitrogen and oxygen atoms in total. The van der Waals surface area contributed by atoms with Gasteiger partial charge >= 0.3 is 0 Å². The zero-order valence-electron chi connectivity index (χ0n) is 21.0. The number of amides is 2. The first-order valence-corrected chi connectivity index (χ1v) is 13.1. The van der Waals surface area contributed by atoms with Gasteiger partial charge in [0.2, 0.25) is 0 Å². The number of nitrogens with zero attached hydrogens (tertiary/aromatic N) is 3. The summed E-state index contributed by atoms with van der Waals surface area (Å²) in [6, 6.07) is 15.2. The number of piperidine rings is 1. The summed E-state index contributed by atoms with van der Waals surface area (Å²) in [7, 11) is 1.58. The molecule has 190 valence electrons. The summed E-state index contributed by atoms with van der Waals surface area (Å²) in [4.78, 5) is 32.8. The van der Waals surface area contributed by atoms with Crippen molar-refractivity contribution in [3.05, 3.63) is 81.5 Å². The van der Waals surface area contributed by atoms with Gasteiger partial charge in [-0.2, -0.15) is 0 Å². The van der Waals surface area contributed by atoms with E-state index in [1.54, 1.807) is 19.4 Å². The lowest BCUT2D eigenvalue weighted by Gasteiger charge is -2.31. The quantitative estimate of drug-likeness (QED) is 0.353. The van der Waals surface area contributed by atoms with E-state index in [9.17, 15) is 9.59 Å². The van der Waals surface area contributed by atoms with Gasteiger partial charge in [0, 0.05) is 30.0 Å². The van der Waals surface area contributed by atoms with E-state index in [0.717, 1.165) is 29.0 Å². The Morgan fingerprint density at radius 3 is 2.57 bits per heavy atom. The predicted octanol–water partition coefficient (Wildman–Crippen LogP) is 5.70. The molecule has 0 aliphatic carbocycles. The van der Waals surface area contributed by atoms with Gasteiger partial charge in [-0.05, 0) is 38.3 Å². The lowest BCUT2D eigenvalue weighted by Crippen LogP contribution is -2.38. The molecule has 1 saturated heterocycles. The van der Waals surface area contributed by atoms with Crippen molar-refractivity contribution in [2.75, 3.05) is 25.5 Å². The van der Waals surface area contributed by atoms with Gasteiger partial charge in [-0.25, -0.2) is 4.98 Å². The Balaban J connectivity index is 1.24. The molecule has 0 radical (unpaired) electrons. The first kappa shape index (κ1) is 24.7. The lowest BCUT2D eigenvalue weighted by molar-refractivity contribution is 0.0711. The highest BCUT2D eigenvalue weighted by Gasteiger charge is 2.31. The van der Waals surface area contributed by atoms with E-state index < -0.39 is 0 Å². The fourth-order valence-electron chi connectivity index (χ4n) is 4.63. The summed E-state index contributed by atoms with van der Waals surface area (Å²) < 4.78 is 10.8. The standard InChI is InChI=1S/C28H28N4O4S/c1-17-8-7-11-22(35-3)24(17)30-26(33)21-16-37-27(29-21)20-12-14-32(15-13-20)28(34)23-18(2)36-31-25(23)19-9-5-4-6-10-19/h4-11,16,20H,12-15H2,1-3H3,(H,30,33). The van der Waals surface area contributed by atoms with Crippen LogP contribution in [0.3, 0.4) is 0 Å². The van der Waals surface area contributed by atoms with Crippen LogP contribution in [0.4, 0.5) is 5.69 Å². The van der Waals surface area contributed by atoms with Gasteiger partial charge in [0.15, 0.2) is 0 Å². The summed E-state index contributed by atoms with van der Waals surface area (Å²) in [5.41, 5.74) is 3.90. The van der Waals surface area contributed by atoms with Gasteiger partial charge in [-0.3, -0.25) is 9.59 Å². The zero-order valence-corrected chi connectivity index (χ0v) is 21.8. The monoisotopic (exact) mass is 516 g/mol. The average Bonchev–Trinajstić information content (AvgIpc) is 3.57. The maximum absolute atomic E-state index is 13.4. The summed E-state index contributed by atoms with van der Waals surface area (Å²) in [5, 5.41) is 9.80. The van der Waals surface area contributed by atoms with Crippen molar-refractivity contribution < 1.29 is 18.8 Å². The molecule has 0 unspecified atom stereocenters. The number of ether oxygens (including phenoxy) is 1. The van der Waals surface area contributed by atoms with Crippen LogP contribution in [-0.4, -0.2) is 47.1 Å². The number of para-hydroxylation sites is 1. The van der Waals surface area contributed by atoms with Crippen molar-refractivity contribution in [1.82, 2.24) is 15.0 Å². The van der Waals surface area contributed by atoms with Crippen LogP contribution in [0.5, 0.6) is 5.75 Å². The first-order chi connectivity index (χ1) is 18.0. The Labute approximate surface area is 219 Å². The van der Waals surface area contributed by atoms with Crippen molar-refractivity contribution in [3.63, 3.8) is 0 Å². The number of thiazole rings is 1. The van der Waals surface area contributed by atoms with Crippen molar-refractivity contribution in [3.8, 4) is 17.0 Å². The third-order valence-electron chi connectivity index (χ3n) is 6.70. The van der Waals surface area contributed by atoms with E-state index in [1.165, 1.54) is 11.3 Å². The number of likely N-dealkylation sites (tertiary alicyclic amines) is 1. The summed E-state index contributed by atoms with van der Waals surface area (Å²) in [6.45, 7) is 4.89. The van der Waals surface area contributed by atoms with Crippen LogP contribution >= 0.6 is 11.3 Å². The highest BCUT2D eigenvalue weighted by molar-refractivity contribution is 7.10. The molecule has 0 atom stereocenters. The second-order valence-electron chi connectivity index (χ2n) is 9.07. The number of nitrogens with one attached hydrogen (secondary N) is 1. The highest BCUT2D eigenvalue weighted by atomic mass is 32.1. The Hall–Kier alpha value is -3.98. The molecule has 0 bridgehead atoms. The minimum atomic E-state index is -0.265. The van der Waals surface area contributed by atoms with Gasteiger partial charge in [0.05, 0.1) is 17.8 Å². The molecule has 2 amide bonds. The van der Waals surface area contributed by atoms with E-state index in [-0.39, 0.29) is 17.7 Å². The predicted molar refractivity (Wildman–Crippen MR) is 142 cm³/mol. The second kappa shape index (κ2) is 10.6. The molecular weight excluding hydrogens is 488 g/mol. The number of benzene rings is 2. The molecule has 1 fully saturated rings. The molecule has 5 rings (SSSR count). The molecule has 37 heavy (non-hydrogen) atoms. The van der Waals surface area contributed by atoms with E-state index in [2.05, 4.69) is 15.5 Å². The number of carbonyl (C=O) groups is 2. The van der Waals surface area contributed by atoms with Crippen LogP contribution in [0.25, 0.3) is 11.3 Å². The average molecular weight is 517 g/mol. The molecular formula is C28H28N4O4S. The third kappa shape index (κ3) is 4.99. The first-order valence-electron chi connectivity index (χ1n) is 12.2. The highest BCUT2D eigenvalue weighted by Crippen LogP contribution is 2.33. The molecule has 2 aromatic carbocycles. The Bertz CT molecular complexity index is 1420. The number of anilines is 1.